The molecule has 2 N–H and O–H groups in total. The van der Waals surface area contributed by atoms with Crippen LogP contribution < -0.4 is 25.0 Å². The van der Waals surface area contributed by atoms with Crippen LogP contribution in [0.3, 0.4) is 0 Å². The zero-order chi connectivity index (χ0) is 26.0. The summed E-state index contributed by atoms with van der Waals surface area (Å²) in [5.41, 5.74) is 4.66. The number of hydrogen-bond donors (Lipinski definition) is 2. The average Bonchev–Trinajstić information content (AvgIpc) is 2.92. The number of amides is 2. The Bertz CT molecular complexity index is 1430. The van der Waals surface area contributed by atoms with Gasteiger partial charge in [-0.25, -0.2) is 5.43 Å². The Morgan fingerprint density at radius 1 is 0.838 bits per heavy atom. The first kappa shape index (κ1) is 25.2. The number of hydrogen-bond acceptors (Lipinski definition) is 6. The molecule has 4 aromatic rings. The zero-order valence-corrected chi connectivity index (χ0v) is 20.6. The van der Waals surface area contributed by atoms with E-state index in [1.54, 1.807) is 49.6 Å². The lowest BCUT2D eigenvalue weighted by atomic mass is 10.1. The molecule has 0 aliphatic rings. The molecule has 0 saturated carbocycles. The van der Waals surface area contributed by atoms with Crippen molar-refractivity contribution in [3.63, 3.8) is 0 Å². The number of anilines is 1. The van der Waals surface area contributed by atoms with E-state index in [0.29, 0.717) is 35.1 Å². The summed E-state index contributed by atoms with van der Waals surface area (Å²) >= 11 is 0. The fourth-order valence-corrected chi connectivity index (χ4v) is 3.73. The number of nitrogens with one attached hydrogen (secondary N) is 2. The Balaban J connectivity index is 1.31. The van der Waals surface area contributed by atoms with Gasteiger partial charge in [0.1, 0.15) is 18.8 Å². The fourth-order valence-electron chi connectivity index (χ4n) is 3.73. The van der Waals surface area contributed by atoms with Gasteiger partial charge < -0.3 is 19.5 Å². The van der Waals surface area contributed by atoms with Gasteiger partial charge in [0.2, 0.25) is 11.8 Å². The molecule has 8 nitrogen and oxygen atoms in total. The van der Waals surface area contributed by atoms with Gasteiger partial charge in [-0.05, 0) is 52.2 Å². The minimum Gasteiger partial charge on any atom is -0.497 e. The lowest BCUT2D eigenvalue weighted by Gasteiger charge is -2.12. The number of ether oxygens (including phenoxy) is 3. The van der Waals surface area contributed by atoms with Crippen molar-refractivity contribution in [2.45, 2.75) is 13.0 Å². The summed E-state index contributed by atoms with van der Waals surface area (Å²) in [6, 6.07) is 26.5. The zero-order valence-electron chi connectivity index (χ0n) is 20.6. The first-order valence-electron chi connectivity index (χ1n) is 11.6. The van der Waals surface area contributed by atoms with Crippen LogP contribution in [-0.2, 0) is 16.2 Å². The van der Waals surface area contributed by atoms with Crippen molar-refractivity contribution >= 4 is 34.5 Å². The Morgan fingerprint density at radius 2 is 1.65 bits per heavy atom. The molecule has 37 heavy (non-hydrogen) atoms. The lowest BCUT2D eigenvalue weighted by Crippen LogP contribution is -2.24. The van der Waals surface area contributed by atoms with Gasteiger partial charge in [0.25, 0.3) is 0 Å². The number of benzene rings is 4. The second-order valence-electron chi connectivity index (χ2n) is 8.09. The predicted octanol–water partition coefficient (Wildman–Crippen LogP) is 4.91. The van der Waals surface area contributed by atoms with Crippen LogP contribution in [0.5, 0.6) is 17.2 Å². The van der Waals surface area contributed by atoms with E-state index in [-0.39, 0.29) is 6.42 Å². The van der Waals surface area contributed by atoms with Crippen LogP contribution in [0.1, 0.15) is 17.5 Å². The summed E-state index contributed by atoms with van der Waals surface area (Å²) in [5, 5.41) is 8.88. The third kappa shape index (κ3) is 6.85. The number of carbonyl (C=O) groups is 2. The molecule has 0 atom stereocenters. The standard InChI is InChI=1S/C29H27N3O5/c1-35-24-11-6-10-23(16-24)31-28(33)17-29(34)32-30-18-20-13-14-26(27(15-20)36-2)37-19-22-9-5-8-21-7-3-4-12-25(21)22/h3-16,18H,17,19H2,1-2H3,(H,31,33)(H,32,34). The van der Waals surface area contributed by atoms with Gasteiger partial charge in [-0.3, -0.25) is 9.59 Å². The van der Waals surface area contributed by atoms with E-state index in [1.807, 2.05) is 24.3 Å². The van der Waals surface area contributed by atoms with Crippen molar-refractivity contribution in [1.29, 1.82) is 0 Å². The molecular formula is C29H27N3O5. The quantitative estimate of drug-likeness (QED) is 0.184. The third-order valence-electron chi connectivity index (χ3n) is 5.53. The Hall–Kier alpha value is -4.85. The van der Waals surface area contributed by atoms with Crippen LogP contribution >= 0.6 is 0 Å². The second-order valence-corrected chi connectivity index (χ2v) is 8.09. The maximum atomic E-state index is 12.1. The molecule has 0 heterocycles. The van der Waals surface area contributed by atoms with E-state index in [0.717, 1.165) is 16.3 Å². The molecule has 0 aliphatic heterocycles. The first-order chi connectivity index (χ1) is 18.1. The van der Waals surface area contributed by atoms with Crippen molar-refractivity contribution in [2.24, 2.45) is 5.10 Å². The third-order valence-corrected chi connectivity index (χ3v) is 5.53. The minimum atomic E-state index is -0.543. The first-order valence-corrected chi connectivity index (χ1v) is 11.6. The molecule has 0 aromatic heterocycles. The van der Waals surface area contributed by atoms with Gasteiger partial charge in [0.05, 0.1) is 20.4 Å². The van der Waals surface area contributed by atoms with E-state index < -0.39 is 11.8 Å². The highest BCUT2D eigenvalue weighted by molar-refractivity contribution is 6.03. The lowest BCUT2D eigenvalue weighted by molar-refractivity contribution is -0.126. The molecule has 4 rings (SSSR count). The maximum Gasteiger partial charge on any atom is 0.249 e. The number of carbonyl (C=O) groups excluding carboxylic acids is 2. The molecule has 4 aromatic carbocycles. The van der Waals surface area contributed by atoms with Crippen LogP contribution in [0, 0.1) is 0 Å². The number of nitrogens with zero attached hydrogens (tertiary/aromatic N) is 1. The van der Waals surface area contributed by atoms with Gasteiger partial charge >= 0.3 is 0 Å². The largest absolute Gasteiger partial charge is 0.497 e. The van der Waals surface area contributed by atoms with Gasteiger partial charge in [0, 0.05) is 11.8 Å². The molecule has 2 amide bonds. The molecule has 0 bridgehead atoms. The summed E-state index contributed by atoms with van der Waals surface area (Å²) in [4.78, 5) is 24.2. The minimum absolute atomic E-state index is 0.376. The van der Waals surface area contributed by atoms with E-state index in [9.17, 15) is 9.59 Å². The van der Waals surface area contributed by atoms with Crippen LogP contribution in [0.2, 0.25) is 0 Å². The summed E-state index contributed by atoms with van der Waals surface area (Å²) in [6.45, 7) is 0.388. The SMILES string of the molecule is COc1cccc(NC(=O)CC(=O)NN=Cc2ccc(OCc3cccc4ccccc34)c(OC)c2)c1. The summed E-state index contributed by atoms with van der Waals surface area (Å²) in [5.74, 6) is 0.722. The fraction of sp³-hybridized carbons (Fsp3) is 0.138. The van der Waals surface area contributed by atoms with Gasteiger partial charge in [0.15, 0.2) is 11.5 Å². The van der Waals surface area contributed by atoms with E-state index >= 15 is 0 Å². The maximum absolute atomic E-state index is 12.1. The Morgan fingerprint density at radius 3 is 2.49 bits per heavy atom. The second kappa shape index (κ2) is 12.2. The molecule has 0 unspecified atom stereocenters. The van der Waals surface area contributed by atoms with E-state index in [4.69, 9.17) is 14.2 Å². The van der Waals surface area contributed by atoms with Crippen LogP contribution in [0.15, 0.2) is 90.0 Å². The smallest absolute Gasteiger partial charge is 0.249 e. The van der Waals surface area contributed by atoms with Crippen molar-refractivity contribution in [3.8, 4) is 17.2 Å². The van der Waals surface area contributed by atoms with Gasteiger partial charge in [-0.2, -0.15) is 5.10 Å². The summed E-state index contributed by atoms with van der Waals surface area (Å²) < 4.78 is 16.6. The van der Waals surface area contributed by atoms with Gasteiger partial charge in [-0.1, -0.05) is 48.5 Å². The molecule has 8 heteroatoms. The van der Waals surface area contributed by atoms with Gasteiger partial charge in [-0.15, -0.1) is 0 Å². The monoisotopic (exact) mass is 497 g/mol. The molecule has 0 aliphatic carbocycles. The van der Waals surface area contributed by atoms with Crippen molar-refractivity contribution in [1.82, 2.24) is 5.43 Å². The number of hydrazone groups is 1. The highest BCUT2D eigenvalue weighted by Crippen LogP contribution is 2.29. The number of methoxy groups -OCH3 is 2. The normalized spacial score (nSPS) is 10.8. The summed E-state index contributed by atoms with van der Waals surface area (Å²) in [7, 11) is 3.10. The molecule has 0 fully saturated rings. The van der Waals surface area contributed by atoms with Crippen molar-refractivity contribution < 1.29 is 23.8 Å². The topological polar surface area (TPSA) is 98.2 Å². The summed E-state index contributed by atoms with van der Waals surface area (Å²) in [6.07, 6.45) is 1.09. The Kier molecular flexibility index (Phi) is 8.33. The van der Waals surface area contributed by atoms with Crippen LogP contribution in [-0.4, -0.2) is 32.2 Å². The highest BCUT2D eigenvalue weighted by atomic mass is 16.5. The van der Waals surface area contributed by atoms with E-state index in [2.05, 4.69) is 34.0 Å². The number of fused-ring (bicyclic) bond motifs is 1. The molecule has 188 valence electrons. The number of rotatable bonds is 10. The van der Waals surface area contributed by atoms with Crippen molar-refractivity contribution in [2.75, 3.05) is 19.5 Å². The molecule has 0 radical (unpaired) electrons. The predicted molar refractivity (Wildman–Crippen MR) is 143 cm³/mol. The average molecular weight is 498 g/mol. The van der Waals surface area contributed by atoms with E-state index in [1.165, 1.54) is 13.3 Å². The molecule has 0 saturated heterocycles. The highest BCUT2D eigenvalue weighted by Gasteiger charge is 2.10. The van der Waals surface area contributed by atoms with Crippen LogP contribution in [0.25, 0.3) is 10.8 Å². The van der Waals surface area contributed by atoms with Crippen molar-refractivity contribution in [3.05, 3.63) is 96.1 Å². The molecule has 0 spiro atoms. The molecular weight excluding hydrogens is 470 g/mol. The Labute approximate surface area is 214 Å². The van der Waals surface area contributed by atoms with Crippen LogP contribution in [0.4, 0.5) is 5.69 Å².